The second-order valence-electron chi connectivity index (χ2n) is 11.3. The fraction of sp³-hybridized carbons (Fsp3) is 0.387. The molecule has 1 N–H and O–H groups in total. The van der Waals surface area contributed by atoms with E-state index in [0.717, 1.165) is 83.6 Å². The van der Waals surface area contributed by atoms with Gasteiger partial charge in [0.2, 0.25) is 0 Å². The van der Waals surface area contributed by atoms with Gasteiger partial charge in [-0.05, 0) is 62.2 Å². The minimum Gasteiger partial charge on any atom is -0.377 e. The van der Waals surface area contributed by atoms with Crippen molar-refractivity contribution in [1.82, 2.24) is 25.0 Å². The number of hydrogen-bond acceptors (Lipinski definition) is 6. The van der Waals surface area contributed by atoms with E-state index in [9.17, 15) is 4.79 Å². The van der Waals surface area contributed by atoms with Crippen molar-refractivity contribution >= 4 is 22.5 Å². The van der Waals surface area contributed by atoms with Crippen molar-refractivity contribution < 1.29 is 9.53 Å². The molecule has 3 fully saturated rings. The average Bonchev–Trinajstić information content (AvgIpc) is 3.54. The van der Waals surface area contributed by atoms with Crippen molar-refractivity contribution in [1.29, 1.82) is 0 Å². The smallest absolute Gasteiger partial charge is 0.252 e. The molecule has 0 bridgehead atoms. The van der Waals surface area contributed by atoms with Crippen LogP contribution in [0, 0.1) is 6.92 Å². The molecule has 8 nitrogen and oxygen atoms in total. The van der Waals surface area contributed by atoms with E-state index in [4.69, 9.17) is 9.72 Å². The maximum absolute atomic E-state index is 13.8. The zero-order chi connectivity index (χ0) is 26.6. The largest absolute Gasteiger partial charge is 0.377 e. The Labute approximate surface area is 228 Å². The number of anilines is 1. The molecule has 4 heterocycles. The van der Waals surface area contributed by atoms with Crippen LogP contribution in [-0.4, -0.2) is 72.0 Å². The predicted molar refractivity (Wildman–Crippen MR) is 152 cm³/mol. The van der Waals surface area contributed by atoms with Gasteiger partial charge in [-0.3, -0.25) is 9.48 Å². The average molecular weight is 523 g/mol. The lowest BCUT2D eigenvalue weighted by Crippen LogP contribution is -2.44. The highest BCUT2D eigenvalue weighted by Gasteiger charge is 2.47. The summed E-state index contributed by atoms with van der Waals surface area (Å²) >= 11 is 0. The summed E-state index contributed by atoms with van der Waals surface area (Å²) < 4.78 is 7.31. The molecule has 1 aliphatic carbocycles. The summed E-state index contributed by atoms with van der Waals surface area (Å²) in [6.07, 6.45) is 5.74. The van der Waals surface area contributed by atoms with Gasteiger partial charge in [0.1, 0.15) is 0 Å². The number of aryl methyl sites for hydroxylation is 1. The first-order chi connectivity index (χ1) is 19.0. The predicted octanol–water partition coefficient (Wildman–Crippen LogP) is 4.15. The number of benzene rings is 2. The Morgan fingerprint density at radius 3 is 2.59 bits per heavy atom. The number of carbonyl (C=O) groups excluding carboxylic acids is 1. The van der Waals surface area contributed by atoms with Crippen LogP contribution in [0.3, 0.4) is 0 Å². The van der Waals surface area contributed by atoms with Crippen LogP contribution in [0.25, 0.3) is 22.2 Å². The SMILES string of the molecule is Cc1ccc(N2CCN(C)CC2)cc1C(=O)NC1(c2cc(-c3cnn(C4COC4)c3)nc3ccccc23)CC1. The van der Waals surface area contributed by atoms with Crippen molar-refractivity contribution in [2.24, 2.45) is 0 Å². The van der Waals surface area contributed by atoms with E-state index in [2.05, 4.69) is 63.8 Å². The molecule has 0 atom stereocenters. The monoisotopic (exact) mass is 522 g/mol. The van der Waals surface area contributed by atoms with Gasteiger partial charge in [0.15, 0.2) is 0 Å². The number of rotatable bonds is 6. The lowest BCUT2D eigenvalue weighted by Gasteiger charge is -2.34. The topological polar surface area (TPSA) is 75.5 Å². The van der Waals surface area contributed by atoms with Gasteiger partial charge in [-0.15, -0.1) is 0 Å². The molecule has 1 saturated carbocycles. The lowest BCUT2D eigenvalue weighted by molar-refractivity contribution is -0.0286. The standard InChI is InChI=1S/C31H34N6O2/c1-21-7-8-23(36-13-11-35(2)12-14-36)15-26(21)30(38)34-31(9-10-31)27-16-29(33-28-6-4-3-5-25(27)28)22-17-32-37(18-22)24-19-39-20-24/h3-8,15-18,24H,9-14,19-20H2,1-2H3,(H,34,38). The summed E-state index contributed by atoms with van der Waals surface area (Å²) in [5.74, 6) is -0.0128. The molecule has 7 rings (SSSR count). The van der Waals surface area contributed by atoms with Crippen LogP contribution in [0.4, 0.5) is 5.69 Å². The molecule has 39 heavy (non-hydrogen) atoms. The van der Waals surface area contributed by atoms with Crippen molar-refractivity contribution in [3.63, 3.8) is 0 Å². The first-order valence-electron chi connectivity index (χ1n) is 13.9. The first kappa shape index (κ1) is 24.3. The number of nitrogens with zero attached hydrogens (tertiary/aromatic N) is 5. The molecule has 3 aliphatic rings. The number of nitrogens with one attached hydrogen (secondary N) is 1. The Kier molecular flexibility index (Phi) is 5.90. The van der Waals surface area contributed by atoms with E-state index in [-0.39, 0.29) is 11.9 Å². The molecule has 0 radical (unpaired) electrons. The zero-order valence-electron chi connectivity index (χ0n) is 22.6. The van der Waals surface area contributed by atoms with E-state index >= 15 is 0 Å². The number of pyridine rings is 1. The Balaban J connectivity index is 1.21. The fourth-order valence-electron chi connectivity index (χ4n) is 5.75. The third-order valence-corrected chi connectivity index (χ3v) is 8.56. The normalized spacial score (nSPS) is 19.2. The van der Waals surface area contributed by atoms with Crippen LogP contribution >= 0.6 is 0 Å². The van der Waals surface area contributed by atoms with E-state index in [1.807, 2.05) is 36.0 Å². The van der Waals surface area contributed by atoms with Gasteiger partial charge < -0.3 is 19.9 Å². The number of aromatic nitrogens is 3. The maximum atomic E-state index is 13.8. The molecule has 0 unspecified atom stereocenters. The van der Waals surface area contributed by atoms with E-state index in [1.54, 1.807) is 0 Å². The summed E-state index contributed by atoms with van der Waals surface area (Å²) in [6.45, 7) is 7.42. The van der Waals surface area contributed by atoms with Crippen molar-refractivity contribution in [3.8, 4) is 11.3 Å². The molecule has 0 spiro atoms. The zero-order valence-corrected chi connectivity index (χ0v) is 22.6. The molecule has 8 heteroatoms. The Morgan fingerprint density at radius 1 is 1.05 bits per heavy atom. The number of piperazine rings is 1. The summed E-state index contributed by atoms with van der Waals surface area (Å²) in [7, 11) is 2.16. The summed E-state index contributed by atoms with van der Waals surface area (Å²) in [4.78, 5) is 23.5. The first-order valence-corrected chi connectivity index (χ1v) is 13.9. The van der Waals surface area contributed by atoms with Crippen LogP contribution in [0.15, 0.2) is 60.9 Å². The number of likely N-dealkylation sites (N-methyl/N-ethyl adjacent to an activating group) is 1. The van der Waals surface area contributed by atoms with Crippen LogP contribution in [0.5, 0.6) is 0 Å². The van der Waals surface area contributed by atoms with Crippen LogP contribution in [-0.2, 0) is 10.3 Å². The van der Waals surface area contributed by atoms with Gasteiger partial charge >= 0.3 is 0 Å². The minimum absolute atomic E-state index is 0.0128. The van der Waals surface area contributed by atoms with Gasteiger partial charge in [0, 0.05) is 54.6 Å². The minimum atomic E-state index is -0.400. The number of fused-ring (bicyclic) bond motifs is 1. The molecule has 1 amide bonds. The third kappa shape index (κ3) is 4.47. The molecular weight excluding hydrogens is 488 g/mol. The lowest BCUT2D eigenvalue weighted by atomic mass is 9.96. The number of para-hydroxylation sites is 1. The highest BCUT2D eigenvalue weighted by atomic mass is 16.5. The molecule has 2 aliphatic heterocycles. The second kappa shape index (κ2) is 9.47. The third-order valence-electron chi connectivity index (χ3n) is 8.56. The Bertz CT molecular complexity index is 1550. The summed E-state index contributed by atoms with van der Waals surface area (Å²) in [5, 5.41) is 9.12. The Hall–Kier alpha value is -3.75. The highest BCUT2D eigenvalue weighted by Crippen LogP contribution is 2.49. The molecule has 4 aromatic rings. The van der Waals surface area contributed by atoms with Gasteiger partial charge in [-0.1, -0.05) is 24.3 Å². The van der Waals surface area contributed by atoms with E-state index in [1.165, 1.54) is 0 Å². The molecule has 2 saturated heterocycles. The van der Waals surface area contributed by atoms with Crippen molar-refractivity contribution in [2.45, 2.75) is 31.3 Å². The number of ether oxygens (including phenoxy) is 1. The quantitative estimate of drug-likeness (QED) is 0.410. The van der Waals surface area contributed by atoms with E-state index < -0.39 is 5.54 Å². The van der Waals surface area contributed by atoms with Gasteiger partial charge in [0.05, 0.1) is 42.2 Å². The highest BCUT2D eigenvalue weighted by molar-refractivity contribution is 5.98. The number of hydrogen-bond donors (Lipinski definition) is 1. The van der Waals surface area contributed by atoms with Crippen molar-refractivity contribution in [3.05, 3.63) is 77.6 Å². The Morgan fingerprint density at radius 2 is 1.85 bits per heavy atom. The van der Waals surface area contributed by atoms with Gasteiger partial charge in [-0.2, -0.15) is 5.10 Å². The fourth-order valence-corrected chi connectivity index (χ4v) is 5.75. The van der Waals surface area contributed by atoms with E-state index in [0.29, 0.717) is 13.2 Å². The molecule has 2 aromatic heterocycles. The van der Waals surface area contributed by atoms with Crippen LogP contribution in [0.1, 0.15) is 40.4 Å². The van der Waals surface area contributed by atoms with Crippen LogP contribution in [0.2, 0.25) is 0 Å². The number of carbonyl (C=O) groups is 1. The van der Waals surface area contributed by atoms with Crippen LogP contribution < -0.4 is 10.2 Å². The number of amides is 1. The van der Waals surface area contributed by atoms with Gasteiger partial charge in [-0.25, -0.2) is 4.98 Å². The van der Waals surface area contributed by atoms with Crippen molar-refractivity contribution in [2.75, 3.05) is 51.3 Å². The molecular formula is C31H34N6O2. The van der Waals surface area contributed by atoms with Gasteiger partial charge in [0.25, 0.3) is 5.91 Å². The molecule has 200 valence electrons. The molecule has 2 aromatic carbocycles. The second-order valence-corrected chi connectivity index (χ2v) is 11.3. The summed E-state index contributed by atoms with van der Waals surface area (Å²) in [6, 6.07) is 17.0. The summed E-state index contributed by atoms with van der Waals surface area (Å²) in [5.41, 5.74) is 6.38. The maximum Gasteiger partial charge on any atom is 0.252 e.